The molecule has 10 heteroatoms. The second kappa shape index (κ2) is 5.12. The maximum absolute atomic E-state index is 11.7. The van der Waals surface area contributed by atoms with Gasteiger partial charge in [-0.15, -0.1) is 0 Å². The van der Waals surface area contributed by atoms with Crippen LogP contribution in [0, 0.1) is 0 Å². The predicted molar refractivity (Wildman–Crippen MR) is 81.2 cm³/mol. The van der Waals surface area contributed by atoms with Crippen LogP contribution in [0.3, 0.4) is 0 Å². The van der Waals surface area contributed by atoms with Gasteiger partial charge < -0.3 is 10.2 Å². The molecule has 3 heterocycles. The minimum absolute atomic E-state index is 0.0485. The van der Waals surface area contributed by atoms with Gasteiger partial charge in [0.15, 0.2) is 0 Å². The Labute approximate surface area is 133 Å². The lowest BCUT2D eigenvalue weighted by Gasteiger charge is -1.99. The number of nitrogens with one attached hydrogen (secondary N) is 1. The topological polar surface area (TPSA) is 141 Å². The molecule has 3 N–H and O–H groups in total. The third kappa shape index (κ3) is 2.22. The van der Waals surface area contributed by atoms with Gasteiger partial charge in [-0.05, 0) is 34.7 Å². The fraction of sp³-hybridized carbons (Fsp3) is 0. The van der Waals surface area contributed by atoms with E-state index in [4.69, 9.17) is 10.2 Å². The largest absolute Gasteiger partial charge is 0.455 e. The van der Waals surface area contributed by atoms with Gasteiger partial charge >= 0.3 is 0 Å². The Morgan fingerprint density at radius 3 is 2.79 bits per heavy atom. The highest BCUT2D eigenvalue weighted by molar-refractivity contribution is 6.21. The van der Waals surface area contributed by atoms with E-state index in [1.165, 1.54) is 6.21 Å². The molecule has 0 unspecified atom stereocenters. The molecule has 0 bridgehead atoms. The van der Waals surface area contributed by atoms with Crippen LogP contribution in [-0.2, 0) is 0 Å². The van der Waals surface area contributed by atoms with Gasteiger partial charge in [0.25, 0.3) is 17.8 Å². The molecule has 0 aliphatic carbocycles. The number of benzene rings is 1. The van der Waals surface area contributed by atoms with Crippen molar-refractivity contribution in [2.45, 2.75) is 0 Å². The molecule has 0 saturated heterocycles. The number of nitrogen functional groups attached to an aromatic ring is 1. The van der Waals surface area contributed by atoms with Crippen molar-refractivity contribution in [1.29, 1.82) is 0 Å². The minimum Gasteiger partial charge on any atom is -0.455 e. The Bertz CT molecular complexity index is 1000. The van der Waals surface area contributed by atoms with Crippen LogP contribution in [0.1, 0.15) is 26.5 Å². The summed E-state index contributed by atoms with van der Waals surface area (Å²) in [7, 11) is 0. The van der Waals surface area contributed by atoms with Crippen LogP contribution in [0.5, 0.6) is 0 Å². The van der Waals surface area contributed by atoms with Crippen LogP contribution in [0.25, 0.3) is 11.3 Å². The van der Waals surface area contributed by atoms with Crippen molar-refractivity contribution in [2.75, 3.05) is 5.73 Å². The third-order valence-electron chi connectivity index (χ3n) is 3.42. The van der Waals surface area contributed by atoms with Gasteiger partial charge in [-0.25, -0.2) is 0 Å². The first kappa shape index (κ1) is 13.8. The lowest BCUT2D eigenvalue weighted by Crippen LogP contribution is -2.19. The smallest absolute Gasteiger partial charge is 0.263 e. The monoisotopic (exact) mass is 323 g/mol. The molecule has 1 aromatic carbocycles. The average Bonchev–Trinajstić information content (AvgIpc) is 3.26. The van der Waals surface area contributed by atoms with E-state index in [-0.39, 0.29) is 5.95 Å². The summed E-state index contributed by atoms with van der Waals surface area (Å²) in [4.78, 5) is 24.3. The van der Waals surface area contributed by atoms with E-state index in [9.17, 15) is 9.59 Å². The van der Waals surface area contributed by atoms with Crippen molar-refractivity contribution in [3.63, 3.8) is 0 Å². The second-order valence-corrected chi connectivity index (χ2v) is 4.92. The molecular formula is C14H9N7O3. The van der Waals surface area contributed by atoms with Crippen molar-refractivity contribution in [2.24, 2.45) is 5.10 Å². The Hall–Kier alpha value is -3.82. The average molecular weight is 323 g/mol. The second-order valence-electron chi connectivity index (χ2n) is 4.92. The van der Waals surface area contributed by atoms with E-state index in [0.717, 1.165) is 4.79 Å². The molecule has 10 nitrogen and oxygen atoms in total. The Balaban J connectivity index is 1.63. The van der Waals surface area contributed by atoms with Gasteiger partial charge in [0.2, 0.25) is 0 Å². The lowest BCUT2D eigenvalue weighted by molar-refractivity contribution is 0.0879. The maximum atomic E-state index is 11.7. The summed E-state index contributed by atoms with van der Waals surface area (Å²) in [6, 6.07) is 8.31. The number of imide groups is 1. The zero-order valence-corrected chi connectivity index (χ0v) is 12.0. The van der Waals surface area contributed by atoms with E-state index in [1.54, 1.807) is 30.3 Å². The summed E-state index contributed by atoms with van der Waals surface area (Å²) < 4.78 is 5.64. The fourth-order valence-corrected chi connectivity index (χ4v) is 2.28. The van der Waals surface area contributed by atoms with Crippen molar-refractivity contribution in [3.8, 4) is 11.3 Å². The summed E-state index contributed by atoms with van der Waals surface area (Å²) in [5.41, 5.74) is 6.84. The molecule has 2 amide bonds. The number of rotatable bonds is 3. The van der Waals surface area contributed by atoms with E-state index < -0.39 is 11.8 Å². The van der Waals surface area contributed by atoms with Crippen molar-refractivity contribution >= 4 is 24.0 Å². The normalized spacial score (nSPS) is 13.5. The SMILES string of the molecule is Nc1nnnn1N=Cc1ccc(-c2ccc3c(c2)C(=O)NC3=O)o1. The van der Waals surface area contributed by atoms with Gasteiger partial charge in [0.1, 0.15) is 11.5 Å². The minimum atomic E-state index is -0.417. The van der Waals surface area contributed by atoms with Crippen LogP contribution in [-0.4, -0.2) is 38.3 Å². The Morgan fingerprint density at radius 2 is 2.00 bits per heavy atom. The zero-order chi connectivity index (χ0) is 16.7. The number of nitrogens with zero attached hydrogens (tertiary/aromatic N) is 5. The molecule has 0 saturated carbocycles. The summed E-state index contributed by atoms with van der Waals surface area (Å²) in [5.74, 6) is 0.205. The number of tetrazole rings is 1. The molecule has 0 radical (unpaired) electrons. The van der Waals surface area contributed by atoms with Crippen LogP contribution >= 0.6 is 0 Å². The molecule has 3 aromatic rings. The number of carbonyl (C=O) groups is 2. The molecule has 1 aliphatic heterocycles. The Morgan fingerprint density at radius 1 is 1.17 bits per heavy atom. The number of aromatic nitrogens is 4. The van der Waals surface area contributed by atoms with Gasteiger partial charge in [-0.2, -0.15) is 5.10 Å². The molecule has 0 atom stereocenters. The van der Waals surface area contributed by atoms with Crippen LogP contribution in [0.15, 0.2) is 39.9 Å². The summed E-state index contributed by atoms with van der Waals surface area (Å²) in [6.45, 7) is 0. The first-order valence-corrected chi connectivity index (χ1v) is 6.80. The molecule has 0 spiro atoms. The van der Waals surface area contributed by atoms with E-state index in [2.05, 4.69) is 25.9 Å². The van der Waals surface area contributed by atoms with Gasteiger partial charge in [0, 0.05) is 5.56 Å². The third-order valence-corrected chi connectivity index (χ3v) is 3.42. The number of anilines is 1. The van der Waals surface area contributed by atoms with E-state index >= 15 is 0 Å². The van der Waals surface area contributed by atoms with Crippen molar-refractivity contribution in [3.05, 3.63) is 47.2 Å². The quantitative estimate of drug-likeness (QED) is 0.521. The van der Waals surface area contributed by atoms with E-state index in [1.807, 2.05) is 0 Å². The molecule has 0 fully saturated rings. The molecule has 24 heavy (non-hydrogen) atoms. The first-order chi connectivity index (χ1) is 11.6. The maximum Gasteiger partial charge on any atom is 0.263 e. The number of furan rings is 1. The summed E-state index contributed by atoms with van der Waals surface area (Å²) in [5, 5.41) is 16.6. The number of amides is 2. The number of fused-ring (bicyclic) bond motifs is 1. The molecule has 118 valence electrons. The molecule has 1 aliphatic rings. The predicted octanol–water partition coefficient (Wildman–Crippen LogP) is 0.281. The van der Waals surface area contributed by atoms with Crippen LogP contribution < -0.4 is 11.1 Å². The molecule has 4 rings (SSSR count). The van der Waals surface area contributed by atoms with Crippen LogP contribution in [0.4, 0.5) is 5.95 Å². The van der Waals surface area contributed by atoms with Crippen molar-refractivity contribution in [1.82, 2.24) is 25.6 Å². The molecule has 2 aromatic heterocycles. The van der Waals surface area contributed by atoms with Crippen LogP contribution in [0.2, 0.25) is 0 Å². The van der Waals surface area contributed by atoms with Gasteiger partial charge in [0.05, 0.1) is 17.3 Å². The summed E-state index contributed by atoms with van der Waals surface area (Å²) in [6.07, 6.45) is 1.40. The number of carbonyl (C=O) groups excluding carboxylic acids is 2. The highest BCUT2D eigenvalue weighted by Crippen LogP contribution is 2.26. The number of nitrogens with two attached hydrogens (primary N) is 1. The van der Waals surface area contributed by atoms with Gasteiger partial charge in [-0.3, -0.25) is 14.9 Å². The highest BCUT2D eigenvalue weighted by Gasteiger charge is 2.27. The molecular weight excluding hydrogens is 314 g/mol. The van der Waals surface area contributed by atoms with E-state index in [0.29, 0.717) is 28.2 Å². The first-order valence-electron chi connectivity index (χ1n) is 6.80. The standard InChI is InChI=1S/C14H9N7O3/c15-14-18-19-20-21(14)16-6-8-2-4-11(24-8)7-1-3-9-10(5-7)13(23)17-12(9)22/h1-6H,(H2,15,18,20)(H,17,22,23). The Kier molecular flexibility index (Phi) is 2.95. The summed E-state index contributed by atoms with van der Waals surface area (Å²) >= 11 is 0. The fourth-order valence-electron chi connectivity index (χ4n) is 2.28. The zero-order valence-electron chi connectivity index (χ0n) is 12.0. The van der Waals surface area contributed by atoms with Crippen molar-refractivity contribution < 1.29 is 14.0 Å². The lowest BCUT2D eigenvalue weighted by atomic mass is 10.0. The highest BCUT2D eigenvalue weighted by atomic mass is 16.3. The number of hydrogen-bond acceptors (Lipinski definition) is 8. The number of hydrogen-bond donors (Lipinski definition) is 2. The van der Waals surface area contributed by atoms with Gasteiger partial charge in [-0.1, -0.05) is 16.0 Å².